The van der Waals surface area contributed by atoms with E-state index in [9.17, 15) is 4.79 Å². The zero-order valence-electron chi connectivity index (χ0n) is 16.0. The van der Waals surface area contributed by atoms with Crippen molar-refractivity contribution >= 4 is 57.6 Å². The van der Waals surface area contributed by atoms with E-state index in [1.807, 2.05) is 44.2 Å². The number of nitrogens with one attached hydrogen (secondary N) is 2. The van der Waals surface area contributed by atoms with Crippen LogP contribution in [-0.2, 0) is 0 Å². The Kier molecular flexibility index (Phi) is 5.72. The summed E-state index contributed by atoms with van der Waals surface area (Å²) in [5, 5.41) is 18.8. The zero-order valence-corrected chi connectivity index (χ0v) is 18.3. The molecule has 3 heterocycles. The summed E-state index contributed by atoms with van der Waals surface area (Å²) in [4.78, 5) is 12.3. The average Bonchev–Trinajstić information content (AvgIpc) is 3.24. The van der Waals surface area contributed by atoms with Crippen molar-refractivity contribution in [1.82, 2.24) is 20.0 Å². The summed E-state index contributed by atoms with van der Waals surface area (Å²) >= 11 is 13.1. The lowest BCUT2D eigenvalue weighted by Gasteiger charge is -2.08. The molecular formula is C20H16Cl2N6OS. The van der Waals surface area contributed by atoms with Gasteiger partial charge in [-0.1, -0.05) is 23.2 Å². The van der Waals surface area contributed by atoms with E-state index in [4.69, 9.17) is 23.2 Å². The molecule has 4 rings (SSSR count). The summed E-state index contributed by atoms with van der Waals surface area (Å²) in [6, 6.07) is 14.4. The Hall–Kier alpha value is -2.94. The number of aryl methyl sites for hydroxylation is 2. The summed E-state index contributed by atoms with van der Waals surface area (Å²) in [6.07, 6.45) is 0. The molecule has 0 aliphatic carbocycles. The minimum Gasteiger partial charge on any atom is -0.339 e. The van der Waals surface area contributed by atoms with Gasteiger partial charge in [0.25, 0.3) is 5.91 Å². The molecule has 152 valence electrons. The second-order valence-corrected chi connectivity index (χ2v) is 8.80. The maximum atomic E-state index is 12.3. The molecule has 10 heteroatoms. The van der Waals surface area contributed by atoms with Crippen molar-refractivity contribution in [1.29, 1.82) is 0 Å². The van der Waals surface area contributed by atoms with E-state index >= 15 is 0 Å². The Morgan fingerprint density at radius 1 is 1.00 bits per heavy atom. The predicted octanol–water partition coefficient (Wildman–Crippen LogP) is 5.64. The van der Waals surface area contributed by atoms with Gasteiger partial charge in [0.05, 0.1) is 15.6 Å². The van der Waals surface area contributed by atoms with E-state index in [1.54, 1.807) is 22.9 Å². The number of hydrogen-bond acceptors (Lipinski definition) is 6. The number of hydrogen-bond donors (Lipinski definition) is 2. The molecule has 0 radical (unpaired) electrons. The molecule has 0 aliphatic rings. The van der Waals surface area contributed by atoms with Gasteiger partial charge in [-0.25, -0.2) is 4.68 Å². The summed E-state index contributed by atoms with van der Waals surface area (Å²) in [5.74, 6) is 0.933. The van der Waals surface area contributed by atoms with Crippen molar-refractivity contribution in [2.45, 2.75) is 13.8 Å². The highest BCUT2D eigenvalue weighted by Gasteiger charge is 2.14. The Balaban J connectivity index is 1.41. The standard InChI is InChI=1S/C20H16Cl2N6OS/c1-11-9-12(2)28(27-11)18-8-7-17(25-26-18)23-13-3-5-14(6-4-13)24-20(29)15-10-16(21)30-19(15)22/h3-10H,1-2H3,(H,23,25)(H,24,29). The Bertz CT molecular complexity index is 1200. The number of nitrogens with zero attached hydrogens (tertiary/aromatic N) is 4. The normalized spacial score (nSPS) is 10.8. The van der Waals surface area contributed by atoms with Crippen LogP contribution in [0.1, 0.15) is 21.7 Å². The number of carbonyl (C=O) groups excluding carboxylic acids is 1. The summed E-state index contributed by atoms with van der Waals surface area (Å²) in [5.41, 5.74) is 3.71. The second-order valence-electron chi connectivity index (χ2n) is 6.51. The maximum Gasteiger partial charge on any atom is 0.258 e. The van der Waals surface area contributed by atoms with Crippen LogP contribution in [0.25, 0.3) is 5.82 Å². The Morgan fingerprint density at radius 2 is 1.73 bits per heavy atom. The van der Waals surface area contributed by atoms with E-state index in [-0.39, 0.29) is 5.91 Å². The van der Waals surface area contributed by atoms with Gasteiger partial charge in [-0.2, -0.15) is 5.10 Å². The van der Waals surface area contributed by atoms with Crippen LogP contribution in [0.5, 0.6) is 0 Å². The molecule has 4 aromatic rings. The molecule has 0 saturated carbocycles. The number of halogens is 2. The lowest BCUT2D eigenvalue weighted by Crippen LogP contribution is -2.11. The van der Waals surface area contributed by atoms with Gasteiger partial charge in [0, 0.05) is 17.1 Å². The highest BCUT2D eigenvalue weighted by molar-refractivity contribution is 7.20. The summed E-state index contributed by atoms with van der Waals surface area (Å²) in [6.45, 7) is 3.90. The Labute approximate surface area is 186 Å². The molecule has 0 spiro atoms. The van der Waals surface area contributed by atoms with Crippen molar-refractivity contribution in [3.8, 4) is 5.82 Å². The molecule has 0 unspecified atom stereocenters. The molecule has 1 amide bonds. The maximum absolute atomic E-state index is 12.3. The minimum absolute atomic E-state index is 0.311. The van der Waals surface area contributed by atoms with Gasteiger partial charge in [-0.05, 0) is 62.4 Å². The largest absolute Gasteiger partial charge is 0.339 e. The third kappa shape index (κ3) is 4.46. The third-order valence-corrected chi connectivity index (χ3v) is 5.68. The molecule has 0 atom stereocenters. The molecule has 2 N–H and O–H groups in total. The topological polar surface area (TPSA) is 84.7 Å². The second kappa shape index (κ2) is 8.43. The van der Waals surface area contributed by atoms with Gasteiger partial charge in [0.1, 0.15) is 4.34 Å². The molecule has 3 aromatic heterocycles. The van der Waals surface area contributed by atoms with E-state index in [0.29, 0.717) is 31.6 Å². The molecule has 0 aliphatic heterocycles. The SMILES string of the molecule is Cc1cc(C)n(-c2ccc(Nc3ccc(NC(=O)c4cc(Cl)sc4Cl)cc3)nn2)n1. The first-order valence-electron chi connectivity index (χ1n) is 8.90. The number of amides is 1. The summed E-state index contributed by atoms with van der Waals surface area (Å²) in [7, 11) is 0. The van der Waals surface area contributed by atoms with Crippen molar-refractivity contribution in [3.05, 3.63) is 74.2 Å². The zero-order chi connectivity index (χ0) is 21.3. The van der Waals surface area contributed by atoms with E-state index in [0.717, 1.165) is 28.4 Å². The van der Waals surface area contributed by atoms with Crippen LogP contribution < -0.4 is 10.6 Å². The van der Waals surface area contributed by atoms with Crippen LogP contribution >= 0.6 is 34.5 Å². The van der Waals surface area contributed by atoms with Crippen molar-refractivity contribution in [3.63, 3.8) is 0 Å². The molecular weight excluding hydrogens is 443 g/mol. The number of aromatic nitrogens is 4. The number of carbonyl (C=O) groups is 1. The van der Waals surface area contributed by atoms with Crippen molar-refractivity contribution in [2.75, 3.05) is 10.6 Å². The van der Waals surface area contributed by atoms with Gasteiger partial charge in [-0.15, -0.1) is 21.5 Å². The number of thiophene rings is 1. The van der Waals surface area contributed by atoms with Gasteiger partial charge < -0.3 is 10.6 Å². The monoisotopic (exact) mass is 458 g/mol. The van der Waals surface area contributed by atoms with Crippen LogP contribution in [0.2, 0.25) is 8.67 Å². The molecule has 0 bridgehead atoms. The molecule has 7 nitrogen and oxygen atoms in total. The third-order valence-electron chi connectivity index (χ3n) is 4.19. The van der Waals surface area contributed by atoms with Crippen molar-refractivity contribution < 1.29 is 4.79 Å². The van der Waals surface area contributed by atoms with Gasteiger partial charge in [-0.3, -0.25) is 4.79 Å². The molecule has 30 heavy (non-hydrogen) atoms. The quantitative estimate of drug-likeness (QED) is 0.403. The van der Waals surface area contributed by atoms with Crippen LogP contribution in [0, 0.1) is 13.8 Å². The predicted molar refractivity (Wildman–Crippen MR) is 121 cm³/mol. The van der Waals surface area contributed by atoms with Crippen LogP contribution in [-0.4, -0.2) is 25.9 Å². The first kappa shape index (κ1) is 20.3. The first-order chi connectivity index (χ1) is 14.4. The smallest absolute Gasteiger partial charge is 0.258 e. The number of benzene rings is 1. The van der Waals surface area contributed by atoms with Gasteiger partial charge >= 0.3 is 0 Å². The number of rotatable bonds is 5. The fourth-order valence-corrected chi connectivity index (χ4v) is 4.30. The van der Waals surface area contributed by atoms with Crippen molar-refractivity contribution in [2.24, 2.45) is 0 Å². The minimum atomic E-state index is -0.311. The highest BCUT2D eigenvalue weighted by atomic mass is 35.5. The lowest BCUT2D eigenvalue weighted by molar-refractivity contribution is 0.102. The first-order valence-corrected chi connectivity index (χ1v) is 10.5. The molecule has 1 aromatic carbocycles. The number of anilines is 3. The fraction of sp³-hybridized carbons (Fsp3) is 0.100. The van der Waals surface area contributed by atoms with Crippen LogP contribution in [0.15, 0.2) is 48.5 Å². The van der Waals surface area contributed by atoms with Crippen LogP contribution in [0.4, 0.5) is 17.2 Å². The average molecular weight is 459 g/mol. The molecule has 0 saturated heterocycles. The Morgan fingerprint density at radius 3 is 2.30 bits per heavy atom. The summed E-state index contributed by atoms with van der Waals surface area (Å²) < 4.78 is 2.57. The van der Waals surface area contributed by atoms with Crippen LogP contribution in [0.3, 0.4) is 0 Å². The van der Waals surface area contributed by atoms with Gasteiger partial charge in [0.2, 0.25) is 0 Å². The fourth-order valence-electron chi connectivity index (χ4n) is 2.84. The molecule has 0 fully saturated rings. The highest BCUT2D eigenvalue weighted by Crippen LogP contribution is 2.31. The van der Waals surface area contributed by atoms with E-state index in [2.05, 4.69) is 25.9 Å². The van der Waals surface area contributed by atoms with E-state index in [1.165, 1.54) is 0 Å². The van der Waals surface area contributed by atoms with E-state index < -0.39 is 0 Å². The lowest BCUT2D eigenvalue weighted by atomic mass is 10.2. The van der Waals surface area contributed by atoms with Gasteiger partial charge in [0.15, 0.2) is 11.6 Å².